The monoisotopic (exact) mass is 729 g/mol. The zero-order valence-corrected chi connectivity index (χ0v) is 28.2. The van der Waals surface area contributed by atoms with E-state index in [0.717, 1.165) is 0 Å². The molecule has 2 aromatic heterocycles. The summed E-state index contributed by atoms with van der Waals surface area (Å²) < 4.78 is 103. The van der Waals surface area contributed by atoms with E-state index >= 15 is 0 Å². The highest BCUT2D eigenvalue weighted by Gasteiger charge is 2.39. The van der Waals surface area contributed by atoms with Gasteiger partial charge in [0.25, 0.3) is 0 Å². The molecule has 18 heteroatoms. The smallest absolute Gasteiger partial charge is 0.481 e. The predicted octanol–water partition coefficient (Wildman–Crippen LogP) is 7.27. The molecule has 12 nitrogen and oxygen atoms in total. The Kier molecular flexibility index (Phi) is 12.5. The van der Waals surface area contributed by atoms with Gasteiger partial charge in [-0.05, 0) is 69.4 Å². The van der Waals surface area contributed by atoms with E-state index < -0.39 is 54.2 Å². The zero-order valence-electron chi connectivity index (χ0n) is 28.2. The Morgan fingerprint density at radius 2 is 1.63 bits per heavy atom. The number of carbonyl (C=O) groups excluding carboxylic acids is 2. The molecule has 2 N–H and O–H groups in total. The Balaban J connectivity index is 1.89. The first-order valence-corrected chi connectivity index (χ1v) is 16.0. The summed E-state index contributed by atoms with van der Waals surface area (Å²) in [5, 5.41) is 12.7. The van der Waals surface area contributed by atoms with Gasteiger partial charge in [0.05, 0.1) is 54.6 Å². The molecule has 4 rings (SSSR count). The number of nitrogens with zero attached hydrogens (tertiary/aromatic N) is 4. The van der Waals surface area contributed by atoms with Crippen molar-refractivity contribution in [1.29, 1.82) is 0 Å². The van der Waals surface area contributed by atoms with E-state index in [0.29, 0.717) is 29.9 Å². The first kappa shape index (κ1) is 38.9. The molecule has 0 radical (unpaired) electrons. The number of nitrogens with one attached hydrogen (secondary N) is 1. The maximum atomic E-state index is 13.7. The van der Waals surface area contributed by atoms with Crippen LogP contribution in [-0.2, 0) is 34.7 Å². The van der Waals surface area contributed by atoms with Crippen molar-refractivity contribution < 1.29 is 60.0 Å². The molecule has 1 aliphatic rings. The number of benzene rings is 1. The van der Waals surface area contributed by atoms with Gasteiger partial charge in [0.1, 0.15) is 0 Å². The number of fused-ring (bicyclic) bond motifs is 1. The van der Waals surface area contributed by atoms with Crippen molar-refractivity contribution in [2.24, 2.45) is 0 Å². The normalized spacial score (nSPS) is 15.9. The number of aliphatic hydroxyl groups is 1. The van der Waals surface area contributed by atoms with Crippen LogP contribution < -0.4 is 19.7 Å². The van der Waals surface area contributed by atoms with E-state index in [9.17, 15) is 41.0 Å². The number of hydrogen-bond donors (Lipinski definition) is 2. The van der Waals surface area contributed by atoms with Crippen LogP contribution >= 0.6 is 0 Å². The molecule has 278 valence electrons. The van der Waals surface area contributed by atoms with Gasteiger partial charge in [-0.3, -0.25) is 4.90 Å². The van der Waals surface area contributed by atoms with E-state index in [-0.39, 0.29) is 79.7 Å². The topological polar surface area (TPSA) is 145 Å². The number of rotatable bonds is 12. The second-order valence-electron chi connectivity index (χ2n) is 11.3. The SMILES string of the molecule is CCOC(=O)Oc1nc(N[C@H]2C[C@@H](CC)N(C(=O)OCC)c3ccc(OC)nc32)nc(Cc2cc(C(F)(F)F)cc(C(F)(F)F)c2)c1CCCO. The second kappa shape index (κ2) is 16.4. The van der Waals surface area contributed by atoms with Crippen molar-refractivity contribution in [3.05, 3.63) is 64.0 Å². The maximum Gasteiger partial charge on any atom is 0.515 e. The minimum atomic E-state index is -5.10. The lowest BCUT2D eigenvalue weighted by atomic mass is 9.93. The van der Waals surface area contributed by atoms with E-state index in [1.165, 1.54) is 18.9 Å². The largest absolute Gasteiger partial charge is 0.515 e. The first-order valence-electron chi connectivity index (χ1n) is 16.0. The quantitative estimate of drug-likeness (QED) is 0.143. The van der Waals surface area contributed by atoms with Crippen LogP contribution in [-0.4, -0.2) is 65.3 Å². The molecule has 0 saturated heterocycles. The Morgan fingerprint density at radius 1 is 0.961 bits per heavy atom. The van der Waals surface area contributed by atoms with Crippen molar-refractivity contribution in [2.45, 2.75) is 77.3 Å². The summed E-state index contributed by atoms with van der Waals surface area (Å²) >= 11 is 0. The van der Waals surface area contributed by atoms with Crippen LogP contribution in [0.4, 0.5) is 47.6 Å². The summed E-state index contributed by atoms with van der Waals surface area (Å²) in [5.74, 6) is -0.399. The van der Waals surface area contributed by atoms with Gasteiger partial charge >= 0.3 is 24.6 Å². The van der Waals surface area contributed by atoms with Gasteiger partial charge in [0.15, 0.2) is 0 Å². The minimum Gasteiger partial charge on any atom is -0.481 e. The number of methoxy groups -OCH3 is 1. The van der Waals surface area contributed by atoms with E-state index in [4.69, 9.17) is 18.9 Å². The lowest BCUT2D eigenvalue weighted by Gasteiger charge is -2.39. The van der Waals surface area contributed by atoms with Crippen LogP contribution in [0, 0.1) is 0 Å². The number of aromatic nitrogens is 3. The van der Waals surface area contributed by atoms with Crippen molar-refractivity contribution in [2.75, 3.05) is 37.1 Å². The maximum absolute atomic E-state index is 13.7. The van der Waals surface area contributed by atoms with Crippen LogP contribution in [0.5, 0.6) is 11.8 Å². The van der Waals surface area contributed by atoms with Crippen LogP contribution in [0.3, 0.4) is 0 Å². The Hall–Kier alpha value is -4.87. The molecule has 0 spiro atoms. The van der Waals surface area contributed by atoms with Gasteiger partial charge in [-0.2, -0.15) is 31.3 Å². The summed E-state index contributed by atoms with van der Waals surface area (Å²) in [7, 11) is 1.40. The first-order chi connectivity index (χ1) is 24.1. The molecular formula is C33H37F6N5O7. The van der Waals surface area contributed by atoms with Gasteiger partial charge in [-0.15, -0.1) is 0 Å². The summed E-state index contributed by atoms with van der Waals surface area (Å²) in [4.78, 5) is 40.4. The molecular weight excluding hydrogens is 692 g/mol. The molecule has 0 fully saturated rings. The lowest BCUT2D eigenvalue weighted by molar-refractivity contribution is -0.143. The summed E-state index contributed by atoms with van der Waals surface area (Å²) in [6, 6.07) is 3.20. The van der Waals surface area contributed by atoms with Crippen molar-refractivity contribution >= 4 is 23.9 Å². The summed E-state index contributed by atoms with van der Waals surface area (Å²) in [6.07, 6.45) is -11.9. The molecule has 2 atom stereocenters. The third-order valence-corrected chi connectivity index (χ3v) is 7.89. The van der Waals surface area contributed by atoms with E-state index in [2.05, 4.69) is 20.3 Å². The average Bonchev–Trinajstić information content (AvgIpc) is 3.06. The van der Waals surface area contributed by atoms with Crippen LogP contribution in [0.1, 0.15) is 79.7 Å². The highest BCUT2D eigenvalue weighted by atomic mass is 19.4. The Labute approximate surface area is 289 Å². The highest BCUT2D eigenvalue weighted by molar-refractivity contribution is 5.90. The molecule has 1 amide bonds. The number of aliphatic hydroxyl groups excluding tert-OH is 1. The summed E-state index contributed by atoms with van der Waals surface area (Å²) in [6.45, 7) is 4.71. The number of carbonyl (C=O) groups is 2. The lowest BCUT2D eigenvalue weighted by Crippen LogP contribution is -2.46. The van der Waals surface area contributed by atoms with Gasteiger partial charge in [-0.1, -0.05) is 6.92 Å². The fourth-order valence-corrected chi connectivity index (χ4v) is 5.63. The molecule has 0 aliphatic carbocycles. The molecule has 0 bridgehead atoms. The van der Waals surface area contributed by atoms with Gasteiger partial charge in [0.2, 0.25) is 17.7 Å². The van der Waals surface area contributed by atoms with Crippen LogP contribution in [0.15, 0.2) is 30.3 Å². The van der Waals surface area contributed by atoms with E-state index in [1.54, 1.807) is 19.1 Å². The zero-order chi connectivity index (χ0) is 37.5. The van der Waals surface area contributed by atoms with Crippen LogP contribution in [0.25, 0.3) is 0 Å². The molecule has 3 heterocycles. The number of alkyl halides is 6. The van der Waals surface area contributed by atoms with Gasteiger partial charge in [-0.25, -0.2) is 19.6 Å². The number of hydrogen-bond acceptors (Lipinski definition) is 11. The van der Waals surface area contributed by atoms with Crippen molar-refractivity contribution in [1.82, 2.24) is 15.0 Å². The third kappa shape index (κ3) is 9.47. The minimum absolute atomic E-state index is 0.0178. The number of halogens is 6. The Bertz CT molecular complexity index is 1670. The number of anilines is 2. The average molecular weight is 730 g/mol. The molecule has 0 saturated carbocycles. The van der Waals surface area contributed by atoms with Gasteiger partial charge < -0.3 is 29.4 Å². The number of amides is 1. The predicted molar refractivity (Wildman–Crippen MR) is 170 cm³/mol. The van der Waals surface area contributed by atoms with E-state index in [1.807, 2.05) is 6.92 Å². The molecule has 1 aliphatic heterocycles. The molecule has 1 aromatic carbocycles. The Morgan fingerprint density at radius 3 is 2.20 bits per heavy atom. The molecule has 51 heavy (non-hydrogen) atoms. The standard InChI is InChI=1S/C33H37F6N5O7/c1-5-21-17-24(27-25(10-11-26(42-27)48-4)44(21)30(46)49-6-2)41-29-40-23(22(9-8-12-45)28(43-29)51-31(47)50-7-3)15-18-13-19(32(34,35)36)16-20(14-18)33(37,38)39/h10-11,13-14,16,21,24,45H,5-9,12,15,17H2,1-4H3,(H,40,41,43)/t21-,24+/m1/s1. The molecule has 3 aromatic rings. The van der Waals surface area contributed by atoms with Crippen molar-refractivity contribution in [3.63, 3.8) is 0 Å². The van der Waals surface area contributed by atoms with Crippen LogP contribution in [0.2, 0.25) is 0 Å². The fraction of sp³-hybridized carbons (Fsp3) is 0.485. The molecule has 0 unspecified atom stereocenters. The van der Waals surface area contributed by atoms with Crippen molar-refractivity contribution in [3.8, 4) is 11.8 Å². The fourth-order valence-electron chi connectivity index (χ4n) is 5.63. The second-order valence-corrected chi connectivity index (χ2v) is 11.3. The third-order valence-electron chi connectivity index (χ3n) is 7.89. The highest BCUT2D eigenvalue weighted by Crippen LogP contribution is 2.41. The number of pyridine rings is 1. The summed E-state index contributed by atoms with van der Waals surface area (Å²) in [5.41, 5.74) is -2.75. The van der Waals surface area contributed by atoms with Gasteiger partial charge in [0, 0.05) is 30.7 Å². The number of ether oxygens (including phenoxy) is 4.